The van der Waals surface area contributed by atoms with Crippen molar-refractivity contribution in [3.63, 3.8) is 0 Å². The first kappa shape index (κ1) is 12.7. The highest BCUT2D eigenvalue weighted by Crippen LogP contribution is 2.33. The molecule has 1 unspecified atom stereocenters. The number of rotatable bonds is 3. The molecule has 0 saturated carbocycles. The van der Waals surface area contributed by atoms with E-state index in [4.69, 9.17) is 9.57 Å². The van der Waals surface area contributed by atoms with E-state index in [1.807, 2.05) is 20.8 Å². The Balaban J connectivity index is 2.84. The molecule has 0 fully saturated rings. The molecular formula is C12H19NO3. The van der Waals surface area contributed by atoms with Crippen LogP contribution >= 0.6 is 0 Å². The highest BCUT2D eigenvalue weighted by molar-refractivity contribution is 5.97. The minimum atomic E-state index is -1.13. The SMILES string of the molecule is C=CC1(C(=O)OCC)CC(C(C)(C)C)=NO1. The van der Waals surface area contributed by atoms with Gasteiger partial charge in [0.05, 0.1) is 12.3 Å². The number of hydrogen-bond donors (Lipinski definition) is 0. The van der Waals surface area contributed by atoms with E-state index in [1.165, 1.54) is 6.08 Å². The van der Waals surface area contributed by atoms with Gasteiger partial charge in [-0.05, 0) is 13.0 Å². The Morgan fingerprint density at radius 2 is 2.31 bits per heavy atom. The van der Waals surface area contributed by atoms with Crippen LogP contribution in [-0.4, -0.2) is 23.9 Å². The lowest BCUT2D eigenvalue weighted by molar-refractivity contribution is -0.162. The largest absolute Gasteiger partial charge is 0.463 e. The van der Waals surface area contributed by atoms with Gasteiger partial charge in [-0.25, -0.2) is 4.79 Å². The van der Waals surface area contributed by atoms with Gasteiger partial charge in [0.2, 0.25) is 0 Å². The second kappa shape index (κ2) is 4.28. The van der Waals surface area contributed by atoms with Crippen molar-refractivity contribution < 1.29 is 14.4 Å². The molecule has 90 valence electrons. The first-order valence-corrected chi connectivity index (χ1v) is 5.42. The van der Waals surface area contributed by atoms with E-state index >= 15 is 0 Å². The summed E-state index contributed by atoms with van der Waals surface area (Å²) in [5.41, 5.74) is -0.393. The third-order valence-corrected chi connectivity index (χ3v) is 2.57. The van der Waals surface area contributed by atoms with Gasteiger partial charge in [0.1, 0.15) is 0 Å². The van der Waals surface area contributed by atoms with E-state index in [0.717, 1.165) is 5.71 Å². The highest BCUT2D eigenvalue weighted by Gasteiger charge is 2.47. The van der Waals surface area contributed by atoms with E-state index in [-0.39, 0.29) is 5.41 Å². The van der Waals surface area contributed by atoms with E-state index in [0.29, 0.717) is 13.0 Å². The average Bonchev–Trinajstić information content (AvgIpc) is 2.63. The molecule has 0 spiro atoms. The molecule has 1 rings (SSSR count). The molecule has 0 aromatic heterocycles. The maximum atomic E-state index is 11.8. The molecule has 0 N–H and O–H groups in total. The average molecular weight is 225 g/mol. The minimum absolute atomic E-state index is 0.114. The summed E-state index contributed by atoms with van der Waals surface area (Å²) in [6.07, 6.45) is 1.88. The van der Waals surface area contributed by atoms with Crippen molar-refractivity contribution >= 4 is 11.7 Å². The molecule has 0 aliphatic carbocycles. The van der Waals surface area contributed by atoms with E-state index < -0.39 is 11.6 Å². The zero-order valence-electron chi connectivity index (χ0n) is 10.4. The molecule has 1 heterocycles. The lowest BCUT2D eigenvalue weighted by Crippen LogP contribution is -2.39. The van der Waals surface area contributed by atoms with Gasteiger partial charge >= 0.3 is 5.97 Å². The molecule has 1 atom stereocenters. The summed E-state index contributed by atoms with van der Waals surface area (Å²) >= 11 is 0. The van der Waals surface area contributed by atoms with Crippen LogP contribution in [0, 0.1) is 5.41 Å². The van der Waals surface area contributed by atoms with Crippen LogP contribution in [0.25, 0.3) is 0 Å². The van der Waals surface area contributed by atoms with Crippen molar-refractivity contribution in [1.29, 1.82) is 0 Å². The Kier molecular flexibility index (Phi) is 3.41. The summed E-state index contributed by atoms with van der Waals surface area (Å²) in [4.78, 5) is 17.0. The molecule has 16 heavy (non-hydrogen) atoms. The Labute approximate surface area is 96.3 Å². The van der Waals surface area contributed by atoms with Gasteiger partial charge in [-0.3, -0.25) is 0 Å². The van der Waals surface area contributed by atoms with E-state index in [1.54, 1.807) is 6.92 Å². The fourth-order valence-corrected chi connectivity index (χ4v) is 1.41. The van der Waals surface area contributed by atoms with Crippen LogP contribution in [0.3, 0.4) is 0 Å². The molecule has 0 bridgehead atoms. The number of nitrogens with zero attached hydrogens (tertiary/aromatic N) is 1. The number of oxime groups is 1. The van der Waals surface area contributed by atoms with Gasteiger partial charge in [-0.2, -0.15) is 0 Å². The third kappa shape index (κ3) is 2.26. The van der Waals surface area contributed by atoms with Crippen LogP contribution < -0.4 is 0 Å². The van der Waals surface area contributed by atoms with Crippen molar-refractivity contribution in [3.8, 4) is 0 Å². The topological polar surface area (TPSA) is 47.9 Å². The molecule has 1 aliphatic heterocycles. The number of carbonyl (C=O) groups excluding carboxylic acids is 1. The second-order valence-electron chi connectivity index (χ2n) is 4.87. The molecule has 1 aliphatic rings. The number of hydrogen-bond acceptors (Lipinski definition) is 4. The standard InChI is InChI=1S/C12H19NO3/c1-6-12(10(14)15-7-2)8-9(13-16-12)11(3,4)5/h6H,1,7-8H2,2-5H3. The van der Waals surface area contributed by atoms with Crippen LogP contribution in [0.2, 0.25) is 0 Å². The van der Waals surface area contributed by atoms with Crippen molar-refractivity contribution in [2.24, 2.45) is 10.6 Å². The lowest BCUT2D eigenvalue weighted by Gasteiger charge is -2.22. The minimum Gasteiger partial charge on any atom is -0.463 e. The van der Waals surface area contributed by atoms with Gasteiger partial charge < -0.3 is 9.57 Å². The predicted molar refractivity (Wildman–Crippen MR) is 62.2 cm³/mol. The van der Waals surface area contributed by atoms with Gasteiger partial charge in [0.25, 0.3) is 5.60 Å². The lowest BCUT2D eigenvalue weighted by atomic mass is 9.83. The summed E-state index contributed by atoms with van der Waals surface area (Å²) in [7, 11) is 0. The van der Waals surface area contributed by atoms with Gasteiger partial charge in [0.15, 0.2) is 0 Å². The van der Waals surface area contributed by atoms with Crippen LogP contribution in [0.1, 0.15) is 34.1 Å². The van der Waals surface area contributed by atoms with Crippen LogP contribution in [0.15, 0.2) is 17.8 Å². The summed E-state index contributed by atoms with van der Waals surface area (Å²) in [6, 6.07) is 0. The molecule has 4 nitrogen and oxygen atoms in total. The molecule has 0 aromatic rings. The van der Waals surface area contributed by atoms with Crippen LogP contribution in [-0.2, 0) is 14.4 Å². The first-order valence-electron chi connectivity index (χ1n) is 5.42. The maximum absolute atomic E-state index is 11.8. The summed E-state index contributed by atoms with van der Waals surface area (Å²) in [6.45, 7) is 11.8. The number of esters is 1. The van der Waals surface area contributed by atoms with Crippen molar-refractivity contribution in [2.75, 3.05) is 6.61 Å². The molecule has 0 saturated heterocycles. The quantitative estimate of drug-likeness (QED) is 0.547. The molecule has 0 aromatic carbocycles. The van der Waals surface area contributed by atoms with Gasteiger partial charge in [0, 0.05) is 11.8 Å². The molecule has 0 amide bonds. The van der Waals surface area contributed by atoms with Crippen molar-refractivity contribution in [2.45, 2.75) is 39.7 Å². The van der Waals surface area contributed by atoms with Crippen LogP contribution in [0.5, 0.6) is 0 Å². The summed E-state index contributed by atoms with van der Waals surface area (Å²) < 4.78 is 4.97. The number of carbonyl (C=O) groups is 1. The maximum Gasteiger partial charge on any atom is 0.357 e. The Morgan fingerprint density at radius 3 is 2.69 bits per heavy atom. The molecular weight excluding hydrogens is 206 g/mol. The van der Waals surface area contributed by atoms with Gasteiger partial charge in [-0.1, -0.05) is 32.5 Å². The Morgan fingerprint density at radius 1 is 1.69 bits per heavy atom. The Bertz CT molecular complexity index is 328. The van der Waals surface area contributed by atoms with Gasteiger partial charge in [-0.15, -0.1) is 0 Å². The van der Waals surface area contributed by atoms with E-state index in [9.17, 15) is 4.79 Å². The fourth-order valence-electron chi connectivity index (χ4n) is 1.41. The van der Waals surface area contributed by atoms with E-state index in [2.05, 4.69) is 11.7 Å². The van der Waals surface area contributed by atoms with Crippen molar-refractivity contribution in [3.05, 3.63) is 12.7 Å². The Hall–Kier alpha value is -1.32. The normalized spacial score (nSPS) is 24.6. The third-order valence-electron chi connectivity index (χ3n) is 2.57. The molecule has 4 heteroatoms. The monoisotopic (exact) mass is 225 g/mol. The first-order chi connectivity index (χ1) is 7.35. The zero-order valence-corrected chi connectivity index (χ0v) is 10.4. The predicted octanol–water partition coefficient (Wildman–Crippen LogP) is 2.30. The summed E-state index contributed by atoms with van der Waals surface area (Å²) in [5, 5.41) is 3.98. The number of ether oxygens (including phenoxy) is 1. The molecule has 0 radical (unpaired) electrons. The fraction of sp³-hybridized carbons (Fsp3) is 0.667. The summed E-state index contributed by atoms with van der Waals surface area (Å²) in [5.74, 6) is -0.423. The zero-order chi connectivity index (χ0) is 12.4. The smallest absolute Gasteiger partial charge is 0.357 e. The second-order valence-corrected chi connectivity index (χ2v) is 4.87. The van der Waals surface area contributed by atoms with Crippen LogP contribution in [0.4, 0.5) is 0 Å². The van der Waals surface area contributed by atoms with Crippen molar-refractivity contribution in [1.82, 2.24) is 0 Å². The highest BCUT2D eigenvalue weighted by atomic mass is 16.7.